The third kappa shape index (κ3) is 2.46. The lowest BCUT2D eigenvalue weighted by Crippen LogP contribution is -2.33. The molecule has 0 unspecified atom stereocenters. The average molecular weight is 379 g/mol. The molecule has 0 fully saturated rings. The topological polar surface area (TPSA) is 36.9 Å². The van der Waals surface area contributed by atoms with Crippen LogP contribution < -0.4 is 9.30 Å². The van der Waals surface area contributed by atoms with Crippen LogP contribution in [0, 0.1) is 25.2 Å². The summed E-state index contributed by atoms with van der Waals surface area (Å²) in [5.41, 5.74) is 7.93. The molecule has 1 aromatic heterocycles. The van der Waals surface area contributed by atoms with Crippen molar-refractivity contribution in [3.05, 3.63) is 64.7 Å². The van der Waals surface area contributed by atoms with Gasteiger partial charge in [-0.2, -0.15) is 9.83 Å². The van der Waals surface area contributed by atoms with Gasteiger partial charge < -0.3 is 4.74 Å². The maximum Gasteiger partial charge on any atom is 0.256 e. The van der Waals surface area contributed by atoms with Gasteiger partial charge in [0.25, 0.3) is 5.69 Å². The van der Waals surface area contributed by atoms with Crippen molar-refractivity contribution in [2.75, 3.05) is 0 Å². The van der Waals surface area contributed by atoms with E-state index in [0.29, 0.717) is 11.5 Å². The second-order valence-corrected chi connectivity index (χ2v) is 8.37. The first-order valence-corrected chi connectivity index (χ1v) is 10.0. The molecule has 0 spiro atoms. The van der Waals surface area contributed by atoms with E-state index in [4.69, 9.17) is 4.74 Å². The number of benzene rings is 3. The second-order valence-electron chi connectivity index (χ2n) is 8.37. The van der Waals surface area contributed by atoms with E-state index in [1.165, 1.54) is 33.0 Å². The standard InChI is InChI=1S/C26H23N2O/c1-14(2)18-10-20-8-15(3)16(4)24-25(20)22(11-18)29-23-12-19-9-17(13-27)6-7-21(19)28(5)26(23)24/h6-12,14H,1-5H3/q+1. The van der Waals surface area contributed by atoms with Crippen molar-refractivity contribution < 1.29 is 9.30 Å². The van der Waals surface area contributed by atoms with Crippen LogP contribution in [0.15, 0.2) is 42.5 Å². The maximum atomic E-state index is 9.30. The van der Waals surface area contributed by atoms with Crippen LogP contribution in [-0.4, -0.2) is 0 Å². The number of pyridine rings is 1. The van der Waals surface area contributed by atoms with E-state index in [0.717, 1.165) is 28.1 Å². The number of hydrogen-bond acceptors (Lipinski definition) is 2. The van der Waals surface area contributed by atoms with Gasteiger partial charge in [0.15, 0.2) is 5.75 Å². The first-order valence-electron chi connectivity index (χ1n) is 10.0. The number of rotatable bonds is 1. The fraction of sp³-hybridized carbons (Fsp3) is 0.231. The van der Waals surface area contributed by atoms with Crippen molar-refractivity contribution in [2.24, 2.45) is 7.05 Å². The number of aromatic nitrogens is 1. The molecule has 3 heteroatoms. The van der Waals surface area contributed by atoms with Crippen molar-refractivity contribution in [3.8, 4) is 28.8 Å². The predicted molar refractivity (Wildman–Crippen MR) is 116 cm³/mol. The molecule has 0 saturated carbocycles. The van der Waals surface area contributed by atoms with Crippen LogP contribution in [0.25, 0.3) is 32.9 Å². The summed E-state index contributed by atoms with van der Waals surface area (Å²) < 4.78 is 8.69. The fourth-order valence-corrected chi connectivity index (χ4v) is 4.50. The first kappa shape index (κ1) is 17.7. The Morgan fingerprint density at radius 2 is 1.76 bits per heavy atom. The Hall–Kier alpha value is -3.38. The lowest BCUT2D eigenvalue weighted by Gasteiger charge is -2.23. The minimum atomic E-state index is 0.427. The highest BCUT2D eigenvalue weighted by molar-refractivity contribution is 6.05. The summed E-state index contributed by atoms with van der Waals surface area (Å²) in [6.45, 7) is 8.80. The van der Waals surface area contributed by atoms with Crippen LogP contribution in [0.1, 0.15) is 42.0 Å². The Labute approximate surface area is 170 Å². The third-order valence-electron chi connectivity index (χ3n) is 6.24. The van der Waals surface area contributed by atoms with Crippen LogP contribution >= 0.6 is 0 Å². The minimum absolute atomic E-state index is 0.427. The molecule has 1 aliphatic rings. The summed E-state index contributed by atoms with van der Waals surface area (Å²) >= 11 is 0. The monoisotopic (exact) mass is 379 g/mol. The van der Waals surface area contributed by atoms with E-state index in [2.05, 4.69) is 69.6 Å². The Bertz CT molecular complexity index is 1390. The third-order valence-corrected chi connectivity index (χ3v) is 6.24. The quantitative estimate of drug-likeness (QED) is 0.325. The van der Waals surface area contributed by atoms with E-state index < -0.39 is 0 Å². The molecule has 142 valence electrons. The van der Waals surface area contributed by atoms with Gasteiger partial charge in [0.05, 0.1) is 22.6 Å². The largest absolute Gasteiger partial charge is 0.450 e. The first-order chi connectivity index (χ1) is 13.9. The van der Waals surface area contributed by atoms with Crippen LogP contribution in [0.5, 0.6) is 11.5 Å². The van der Waals surface area contributed by atoms with Gasteiger partial charge in [-0.15, -0.1) is 0 Å². The molecule has 3 aromatic carbocycles. The average Bonchev–Trinajstić information content (AvgIpc) is 2.70. The highest BCUT2D eigenvalue weighted by Crippen LogP contribution is 2.48. The van der Waals surface area contributed by atoms with Gasteiger partial charge in [-0.1, -0.05) is 26.0 Å². The molecule has 0 bridgehead atoms. The van der Waals surface area contributed by atoms with Crippen molar-refractivity contribution in [1.82, 2.24) is 0 Å². The van der Waals surface area contributed by atoms with Crippen molar-refractivity contribution in [1.29, 1.82) is 5.26 Å². The van der Waals surface area contributed by atoms with Gasteiger partial charge >= 0.3 is 0 Å². The second kappa shape index (κ2) is 6.06. The molecule has 0 amide bonds. The number of fused-ring (bicyclic) bond motifs is 3. The maximum absolute atomic E-state index is 9.30. The number of hydrogen-bond donors (Lipinski definition) is 0. The smallest absolute Gasteiger partial charge is 0.256 e. The Balaban J connectivity index is 1.94. The molecule has 0 aliphatic carbocycles. The van der Waals surface area contributed by atoms with E-state index in [1.54, 1.807) is 0 Å². The zero-order valence-corrected chi connectivity index (χ0v) is 17.4. The molecule has 3 nitrogen and oxygen atoms in total. The molecule has 0 N–H and O–H groups in total. The molecule has 2 heterocycles. The summed E-state index contributed by atoms with van der Waals surface area (Å²) in [7, 11) is 2.08. The number of ether oxygens (including phenoxy) is 1. The molecule has 0 atom stereocenters. The van der Waals surface area contributed by atoms with E-state index in [9.17, 15) is 5.26 Å². The highest BCUT2D eigenvalue weighted by Gasteiger charge is 2.31. The van der Waals surface area contributed by atoms with Gasteiger partial charge in [-0.05, 0) is 60.0 Å². The van der Waals surface area contributed by atoms with Crippen molar-refractivity contribution in [2.45, 2.75) is 33.6 Å². The van der Waals surface area contributed by atoms with Crippen LogP contribution in [0.3, 0.4) is 0 Å². The van der Waals surface area contributed by atoms with Crippen molar-refractivity contribution in [3.63, 3.8) is 0 Å². The van der Waals surface area contributed by atoms with Gasteiger partial charge in [-0.3, -0.25) is 0 Å². The zero-order chi connectivity index (χ0) is 20.4. The molecule has 0 radical (unpaired) electrons. The highest BCUT2D eigenvalue weighted by atomic mass is 16.5. The predicted octanol–water partition coefficient (Wildman–Crippen LogP) is 6.20. The molecule has 0 saturated heterocycles. The molecular formula is C26H23N2O+. The minimum Gasteiger partial charge on any atom is -0.450 e. The Morgan fingerprint density at radius 3 is 2.48 bits per heavy atom. The van der Waals surface area contributed by atoms with Crippen molar-refractivity contribution >= 4 is 21.7 Å². The molecule has 4 aromatic rings. The van der Waals surface area contributed by atoms with E-state index in [1.807, 2.05) is 18.2 Å². The fourth-order valence-electron chi connectivity index (χ4n) is 4.50. The van der Waals surface area contributed by atoms with E-state index >= 15 is 0 Å². The van der Waals surface area contributed by atoms with Gasteiger partial charge in [0, 0.05) is 17.5 Å². The lowest BCUT2D eigenvalue weighted by molar-refractivity contribution is -0.633. The van der Waals surface area contributed by atoms with E-state index in [-0.39, 0.29) is 0 Å². The molecule has 5 rings (SSSR count). The Kier molecular flexibility index (Phi) is 3.70. The molecule has 1 aliphatic heterocycles. The van der Waals surface area contributed by atoms with Crippen LogP contribution in [-0.2, 0) is 7.05 Å². The lowest BCUT2D eigenvalue weighted by atomic mass is 9.88. The van der Waals surface area contributed by atoms with Gasteiger partial charge in [0.1, 0.15) is 12.8 Å². The van der Waals surface area contributed by atoms with Crippen LogP contribution in [0.2, 0.25) is 0 Å². The summed E-state index contributed by atoms with van der Waals surface area (Å²) in [6, 6.07) is 16.9. The SMILES string of the molecule is Cc1cc2cc(C(C)C)cc3c2c(c1C)-c1c(cc2cc(C#N)ccc2[n+]1C)O3. The summed E-state index contributed by atoms with van der Waals surface area (Å²) in [4.78, 5) is 0. The number of aryl methyl sites for hydroxylation is 2. The zero-order valence-electron chi connectivity index (χ0n) is 17.4. The summed E-state index contributed by atoms with van der Waals surface area (Å²) in [5, 5.41) is 12.7. The summed E-state index contributed by atoms with van der Waals surface area (Å²) in [5.74, 6) is 2.20. The Morgan fingerprint density at radius 1 is 0.966 bits per heavy atom. The van der Waals surface area contributed by atoms with Gasteiger partial charge in [-0.25, -0.2) is 0 Å². The number of nitrogens with zero attached hydrogens (tertiary/aromatic N) is 2. The molecular weight excluding hydrogens is 356 g/mol. The normalized spacial score (nSPS) is 12.2. The van der Waals surface area contributed by atoms with Crippen LogP contribution in [0.4, 0.5) is 0 Å². The molecule has 29 heavy (non-hydrogen) atoms. The van der Waals surface area contributed by atoms with Gasteiger partial charge in [0.2, 0.25) is 5.52 Å². The summed E-state index contributed by atoms with van der Waals surface area (Å²) in [6.07, 6.45) is 0. The number of nitriles is 1.